The first-order chi connectivity index (χ1) is 15.6. The summed E-state index contributed by atoms with van der Waals surface area (Å²) in [6, 6.07) is 22.4. The molecule has 3 aromatic carbocycles. The van der Waals surface area contributed by atoms with Crippen molar-refractivity contribution in [2.24, 2.45) is 7.05 Å². The number of phenols is 1. The molecule has 2 heterocycles. The Bertz CT molecular complexity index is 1440. The summed E-state index contributed by atoms with van der Waals surface area (Å²) in [5, 5.41) is 16.4. The summed E-state index contributed by atoms with van der Waals surface area (Å²) in [6.07, 6.45) is 0. The van der Waals surface area contributed by atoms with Crippen molar-refractivity contribution in [2.45, 2.75) is 20.4 Å². The Morgan fingerprint density at radius 2 is 1.64 bits per heavy atom. The van der Waals surface area contributed by atoms with Crippen molar-refractivity contribution >= 4 is 56.6 Å². The van der Waals surface area contributed by atoms with E-state index in [1.54, 1.807) is 6.07 Å². The monoisotopic (exact) mass is 460 g/mol. The lowest BCUT2D eigenvalue weighted by atomic mass is 10.1. The van der Waals surface area contributed by atoms with Gasteiger partial charge in [0.05, 0.1) is 27.8 Å². The molecule has 0 spiro atoms. The fourth-order valence-corrected chi connectivity index (χ4v) is 4.55. The second-order valence-electron chi connectivity index (χ2n) is 8.21. The van der Waals surface area contributed by atoms with Gasteiger partial charge in [0.2, 0.25) is 0 Å². The number of aromatic nitrogens is 2. The third-order valence-electron chi connectivity index (χ3n) is 6.36. The number of aryl methyl sites for hydroxylation is 1. The molecule has 0 saturated heterocycles. The van der Waals surface area contributed by atoms with E-state index in [4.69, 9.17) is 4.98 Å². The molecule has 5 nitrogen and oxygen atoms in total. The van der Waals surface area contributed by atoms with Gasteiger partial charge in [0.1, 0.15) is 5.75 Å². The van der Waals surface area contributed by atoms with Crippen molar-refractivity contribution in [3.63, 3.8) is 0 Å². The first-order valence-electron chi connectivity index (χ1n) is 11.2. The summed E-state index contributed by atoms with van der Waals surface area (Å²) in [5.74, 6) is 0.330. The summed E-state index contributed by atoms with van der Waals surface area (Å²) < 4.78 is 2.21. The lowest BCUT2D eigenvalue weighted by Gasteiger charge is -2.20. The number of para-hydroxylation sites is 2. The average molecular weight is 461 g/mol. The van der Waals surface area contributed by atoms with Gasteiger partial charge in [-0.25, -0.2) is 4.98 Å². The maximum atomic E-state index is 10.5. The van der Waals surface area contributed by atoms with Gasteiger partial charge >= 0.3 is 0 Å². The molecular formula is C27H29ClN4O. The minimum absolute atomic E-state index is 0. The highest BCUT2D eigenvalue weighted by Gasteiger charge is 2.17. The lowest BCUT2D eigenvalue weighted by molar-refractivity contribution is 0.291. The first-order valence-corrected chi connectivity index (χ1v) is 11.2. The summed E-state index contributed by atoms with van der Waals surface area (Å²) in [6.45, 7) is 6.89. The fourth-order valence-electron chi connectivity index (χ4n) is 4.55. The van der Waals surface area contributed by atoms with Crippen molar-refractivity contribution in [3.05, 3.63) is 72.3 Å². The van der Waals surface area contributed by atoms with E-state index in [0.29, 0.717) is 5.75 Å². The van der Waals surface area contributed by atoms with Gasteiger partial charge in [-0.15, -0.1) is 12.4 Å². The molecule has 0 atom stereocenters. The third-order valence-corrected chi connectivity index (χ3v) is 6.36. The molecule has 0 unspecified atom stereocenters. The van der Waals surface area contributed by atoms with Crippen molar-refractivity contribution in [1.29, 1.82) is 0 Å². The molecule has 0 aliphatic rings. The summed E-state index contributed by atoms with van der Waals surface area (Å²) >= 11 is 0. The summed E-state index contributed by atoms with van der Waals surface area (Å²) in [5.41, 5.74) is 7.08. The van der Waals surface area contributed by atoms with Crippen LogP contribution in [0, 0.1) is 0 Å². The van der Waals surface area contributed by atoms with E-state index < -0.39 is 0 Å². The van der Waals surface area contributed by atoms with Crippen LogP contribution in [0.2, 0.25) is 0 Å². The normalized spacial score (nSPS) is 11.4. The van der Waals surface area contributed by atoms with Gasteiger partial charge in [-0.2, -0.15) is 0 Å². The molecule has 0 aliphatic carbocycles. The third kappa shape index (κ3) is 3.99. The number of pyridine rings is 1. The highest BCUT2D eigenvalue weighted by Crippen LogP contribution is 2.38. The van der Waals surface area contributed by atoms with Crippen molar-refractivity contribution in [3.8, 4) is 5.75 Å². The van der Waals surface area contributed by atoms with Crippen LogP contribution in [0.1, 0.15) is 19.4 Å². The maximum absolute atomic E-state index is 10.5. The molecular weight excluding hydrogens is 432 g/mol. The minimum atomic E-state index is 0. The SMILES string of the molecule is CCN(CC)Cc1cc(Nc2c3ccccc3nc3c4ccccc4n(C)c23)ccc1O.Cl. The number of hydrogen-bond donors (Lipinski definition) is 2. The molecule has 170 valence electrons. The Hall–Kier alpha value is -3.28. The summed E-state index contributed by atoms with van der Waals surface area (Å²) in [7, 11) is 2.09. The average Bonchev–Trinajstić information content (AvgIpc) is 3.11. The van der Waals surface area contributed by atoms with Crippen LogP contribution in [0.25, 0.3) is 32.8 Å². The molecule has 5 rings (SSSR count). The van der Waals surface area contributed by atoms with Crippen LogP contribution in [0.4, 0.5) is 11.4 Å². The van der Waals surface area contributed by atoms with Crippen molar-refractivity contribution in [2.75, 3.05) is 18.4 Å². The number of benzene rings is 3. The van der Waals surface area contributed by atoms with Crippen LogP contribution >= 0.6 is 12.4 Å². The topological polar surface area (TPSA) is 53.3 Å². The number of nitrogens with one attached hydrogen (secondary N) is 1. The van der Waals surface area contributed by atoms with Crippen LogP contribution in [0.3, 0.4) is 0 Å². The van der Waals surface area contributed by atoms with Gasteiger partial charge in [-0.1, -0.05) is 50.2 Å². The molecule has 0 bridgehead atoms. The predicted molar refractivity (Wildman–Crippen MR) is 141 cm³/mol. The molecule has 2 N–H and O–H groups in total. The second kappa shape index (κ2) is 9.30. The van der Waals surface area contributed by atoms with E-state index in [1.165, 1.54) is 0 Å². The fraction of sp³-hybridized carbons (Fsp3) is 0.222. The molecule has 0 fully saturated rings. The van der Waals surface area contributed by atoms with Gasteiger partial charge in [0.15, 0.2) is 0 Å². The Morgan fingerprint density at radius 1 is 0.939 bits per heavy atom. The smallest absolute Gasteiger partial charge is 0.120 e. The van der Waals surface area contributed by atoms with E-state index in [9.17, 15) is 5.11 Å². The molecule has 5 aromatic rings. The maximum Gasteiger partial charge on any atom is 0.120 e. The van der Waals surface area contributed by atoms with Crippen molar-refractivity contribution < 1.29 is 5.11 Å². The molecule has 0 aliphatic heterocycles. The van der Waals surface area contributed by atoms with Gasteiger partial charge in [-0.3, -0.25) is 4.90 Å². The number of fused-ring (bicyclic) bond motifs is 4. The van der Waals surface area contributed by atoms with Gasteiger partial charge < -0.3 is 15.0 Å². The zero-order chi connectivity index (χ0) is 22.2. The zero-order valence-corrected chi connectivity index (χ0v) is 20.0. The van der Waals surface area contributed by atoms with Crippen molar-refractivity contribution in [1.82, 2.24) is 14.5 Å². The summed E-state index contributed by atoms with van der Waals surface area (Å²) in [4.78, 5) is 7.31. The number of aromatic hydroxyl groups is 1. The Labute approximate surface area is 200 Å². The van der Waals surface area contributed by atoms with Gasteiger partial charge in [0.25, 0.3) is 0 Å². The standard InChI is InChI=1S/C27H28N4O.ClH/c1-4-31(5-2)17-18-16-19(14-15-24(18)32)28-25-20-10-6-8-12-22(20)29-26-21-11-7-9-13-23(21)30(3)27(25)26;/h6-16,32H,4-5,17H2,1-3H3,(H,28,29);1H. The molecule has 6 heteroatoms. The van der Waals surface area contributed by atoms with Crippen LogP contribution in [0.5, 0.6) is 5.75 Å². The number of halogens is 1. The van der Waals surface area contributed by atoms with E-state index >= 15 is 0 Å². The molecule has 2 aromatic heterocycles. The van der Waals surface area contributed by atoms with E-state index in [0.717, 1.165) is 69.4 Å². The van der Waals surface area contributed by atoms with Crippen LogP contribution in [0.15, 0.2) is 66.7 Å². The number of rotatable bonds is 6. The van der Waals surface area contributed by atoms with Crippen LogP contribution in [-0.2, 0) is 13.6 Å². The highest BCUT2D eigenvalue weighted by atomic mass is 35.5. The molecule has 33 heavy (non-hydrogen) atoms. The number of nitrogens with zero attached hydrogens (tertiary/aromatic N) is 3. The van der Waals surface area contributed by atoms with Crippen LogP contribution < -0.4 is 5.32 Å². The highest BCUT2D eigenvalue weighted by molar-refractivity contribution is 6.16. The van der Waals surface area contributed by atoms with Gasteiger partial charge in [-0.05, 0) is 43.4 Å². The largest absolute Gasteiger partial charge is 0.508 e. The van der Waals surface area contributed by atoms with E-state index in [-0.39, 0.29) is 12.4 Å². The Balaban J connectivity index is 0.00000259. The minimum Gasteiger partial charge on any atom is -0.508 e. The number of phenolic OH excluding ortho intramolecular Hbond substituents is 1. The van der Waals surface area contributed by atoms with Crippen LogP contribution in [-0.4, -0.2) is 32.6 Å². The molecule has 0 amide bonds. The Kier molecular flexibility index (Phi) is 6.45. The quantitative estimate of drug-likeness (QED) is 0.280. The Morgan fingerprint density at radius 3 is 2.39 bits per heavy atom. The second-order valence-corrected chi connectivity index (χ2v) is 8.21. The molecule has 0 radical (unpaired) electrons. The van der Waals surface area contributed by atoms with E-state index in [2.05, 4.69) is 78.1 Å². The zero-order valence-electron chi connectivity index (χ0n) is 19.2. The molecule has 0 saturated carbocycles. The van der Waals surface area contributed by atoms with E-state index in [1.807, 2.05) is 18.2 Å². The predicted octanol–water partition coefficient (Wildman–Crippen LogP) is 6.59. The number of hydrogen-bond acceptors (Lipinski definition) is 4. The lowest BCUT2D eigenvalue weighted by Crippen LogP contribution is -2.22. The van der Waals surface area contributed by atoms with Gasteiger partial charge in [0, 0.05) is 35.6 Å². The number of anilines is 2. The first kappa shape index (κ1) is 22.9.